The van der Waals surface area contributed by atoms with Crippen LogP contribution in [0.1, 0.15) is 33.3 Å². The van der Waals surface area contributed by atoms with Crippen molar-refractivity contribution in [3.63, 3.8) is 0 Å². The van der Waals surface area contributed by atoms with Gasteiger partial charge in [0.25, 0.3) is 0 Å². The number of aliphatic hydroxyl groups is 1. The van der Waals surface area contributed by atoms with Crippen LogP contribution in [0.5, 0.6) is 0 Å². The lowest BCUT2D eigenvalue weighted by molar-refractivity contribution is 0.00205. The van der Waals surface area contributed by atoms with Crippen molar-refractivity contribution in [1.82, 2.24) is 4.90 Å². The Balaban J connectivity index is 2.98. The molecule has 0 radical (unpaired) electrons. The van der Waals surface area contributed by atoms with Gasteiger partial charge in [-0.2, -0.15) is 0 Å². The fourth-order valence-corrected chi connectivity index (χ4v) is 1.92. The van der Waals surface area contributed by atoms with Gasteiger partial charge in [-0.1, -0.05) is 36.9 Å². The number of nitrogens with zero attached hydrogens (tertiary/aromatic N) is 1. The number of ether oxygens (including phenoxy) is 1. The second-order valence-electron chi connectivity index (χ2n) is 6.20. The van der Waals surface area contributed by atoms with Crippen molar-refractivity contribution >= 4 is 6.09 Å². The maximum absolute atomic E-state index is 12.5. The minimum absolute atomic E-state index is 0.360. The molecule has 0 spiro atoms. The number of rotatable bonds is 5. The normalized spacial score (nSPS) is 13.7. The summed E-state index contributed by atoms with van der Waals surface area (Å²) in [6.45, 7) is 11.0. The van der Waals surface area contributed by atoms with E-state index in [1.165, 1.54) is 11.0 Å². The van der Waals surface area contributed by atoms with Crippen LogP contribution in [0.4, 0.5) is 4.79 Å². The van der Waals surface area contributed by atoms with Gasteiger partial charge in [0.15, 0.2) is 0 Å². The lowest BCUT2D eigenvalue weighted by atomic mass is 10.1. The molecule has 0 saturated heterocycles. The highest BCUT2D eigenvalue weighted by Gasteiger charge is 2.29. The van der Waals surface area contributed by atoms with Gasteiger partial charge in [-0.15, -0.1) is 5.73 Å². The number of hydrogen-bond acceptors (Lipinski definition) is 3. The number of carbonyl (C=O) groups excluding carboxylic acids is 1. The van der Waals surface area contributed by atoms with Gasteiger partial charge in [-0.3, -0.25) is 4.90 Å². The van der Waals surface area contributed by atoms with Crippen molar-refractivity contribution in [3.05, 3.63) is 54.3 Å². The van der Waals surface area contributed by atoms with Crippen molar-refractivity contribution in [1.29, 1.82) is 0 Å². The van der Waals surface area contributed by atoms with Crippen LogP contribution in [-0.2, 0) is 11.3 Å². The summed E-state index contributed by atoms with van der Waals surface area (Å²) in [5, 5.41) is 10.1. The first-order valence-corrected chi connectivity index (χ1v) is 7.32. The summed E-state index contributed by atoms with van der Waals surface area (Å²) in [6, 6.07) is 9.14. The van der Waals surface area contributed by atoms with Crippen LogP contribution in [0.25, 0.3) is 0 Å². The Morgan fingerprint density at radius 2 is 2.00 bits per heavy atom. The summed E-state index contributed by atoms with van der Waals surface area (Å²) < 4.78 is 5.45. The van der Waals surface area contributed by atoms with Crippen molar-refractivity contribution in [3.8, 4) is 0 Å². The summed E-state index contributed by atoms with van der Waals surface area (Å²) in [6.07, 6.45) is 0.127. The van der Waals surface area contributed by atoms with E-state index < -0.39 is 23.8 Å². The standard InChI is InChI=1S/C18H25NO3/c1-6-10-16(20)14(2)19(17(21)22-18(3,4)5)13-15-11-8-7-9-12-15/h7-12,14,16,20H,1,13H2,2-5H3/t14-,16+/m0/s1. The van der Waals surface area contributed by atoms with Gasteiger partial charge < -0.3 is 9.84 Å². The molecule has 4 heteroatoms. The monoisotopic (exact) mass is 303 g/mol. The van der Waals surface area contributed by atoms with Crippen LogP contribution in [0.2, 0.25) is 0 Å². The first kappa shape index (κ1) is 18.0. The van der Waals surface area contributed by atoms with Gasteiger partial charge in [-0.05, 0) is 39.3 Å². The zero-order valence-corrected chi connectivity index (χ0v) is 13.7. The first-order valence-electron chi connectivity index (χ1n) is 7.32. The molecule has 0 aliphatic rings. The molecule has 2 atom stereocenters. The molecule has 1 N–H and O–H groups in total. The van der Waals surface area contributed by atoms with Gasteiger partial charge in [0, 0.05) is 6.54 Å². The molecule has 0 fully saturated rings. The van der Waals surface area contributed by atoms with Gasteiger partial charge in [0.1, 0.15) is 5.60 Å². The molecule has 4 nitrogen and oxygen atoms in total. The number of amides is 1. The van der Waals surface area contributed by atoms with Crippen LogP contribution in [0, 0.1) is 0 Å². The van der Waals surface area contributed by atoms with E-state index in [1.807, 2.05) is 51.1 Å². The second-order valence-corrected chi connectivity index (χ2v) is 6.20. The molecule has 0 heterocycles. The third-order valence-electron chi connectivity index (χ3n) is 3.10. The highest BCUT2D eigenvalue weighted by atomic mass is 16.6. The van der Waals surface area contributed by atoms with Gasteiger partial charge in [0.05, 0.1) is 12.1 Å². The Morgan fingerprint density at radius 1 is 1.41 bits per heavy atom. The first-order chi connectivity index (χ1) is 10.2. The number of benzene rings is 1. The lowest BCUT2D eigenvalue weighted by Crippen LogP contribution is -2.46. The van der Waals surface area contributed by atoms with E-state index in [4.69, 9.17) is 4.74 Å². The minimum atomic E-state index is -0.853. The van der Waals surface area contributed by atoms with E-state index in [9.17, 15) is 9.90 Å². The molecule has 0 aliphatic carbocycles. The average molecular weight is 303 g/mol. The topological polar surface area (TPSA) is 49.8 Å². The molecule has 22 heavy (non-hydrogen) atoms. The van der Waals surface area contributed by atoms with E-state index >= 15 is 0 Å². The molecule has 0 bridgehead atoms. The molecular weight excluding hydrogens is 278 g/mol. The molecule has 1 amide bonds. The SMILES string of the molecule is C=C=C[C@@H](O)[C@H](C)N(Cc1ccccc1)C(=O)OC(C)(C)C. The minimum Gasteiger partial charge on any atom is -0.444 e. The summed E-state index contributed by atoms with van der Waals surface area (Å²) in [7, 11) is 0. The van der Waals surface area contributed by atoms with E-state index in [1.54, 1.807) is 6.92 Å². The highest BCUT2D eigenvalue weighted by molar-refractivity contribution is 5.68. The van der Waals surface area contributed by atoms with Crippen LogP contribution in [0.15, 0.2) is 48.7 Å². The van der Waals surface area contributed by atoms with Gasteiger partial charge in [-0.25, -0.2) is 4.79 Å². The Labute approximate surface area is 132 Å². The van der Waals surface area contributed by atoms with Crippen LogP contribution in [0.3, 0.4) is 0 Å². The fraction of sp³-hybridized carbons (Fsp3) is 0.444. The fourth-order valence-electron chi connectivity index (χ4n) is 1.92. The van der Waals surface area contributed by atoms with E-state index in [0.717, 1.165) is 5.56 Å². The molecule has 0 saturated carbocycles. The molecule has 0 unspecified atom stereocenters. The predicted molar refractivity (Wildman–Crippen MR) is 87.4 cm³/mol. The van der Waals surface area contributed by atoms with E-state index in [0.29, 0.717) is 6.54 Å². The number of hydrogen-bond donors (Lipinski definition) is 1. The maximum Gasteiger partial charge on any atom is 0.410 e. The molecule has 1 aromatic carbocycles. The molecule has 0 aliphatic heterocycles. The molecular formula is C18H25NO3. The summed E-state index contributed by atoms with van der Waals surface area (Å²) in [4.78, 5) is 14.0. The predicted octanol–water partition coefficient (Wildman–Crippen LogP) is 3.51. The van der Waals surface area contributed by atoms with Crippen LogP contribution >= 0.6 is 0 Å². The summed E-state index contributed by atoms with van der Waals surface area (Å²) in [5.41, 5.74) is 2.93. The highest BCUT2D eigenvalue weighted by Crippen LogP contribution is 2.17. The van der Waals surface area contributed by atoms with E-state index in [-0.39, 0.29) is 0 Å². The third kappa shape index (κ3) is 5.76. The number of carbonyl (C=O) groups is 1. The number of aliphatic hydroxyl groups excluding tert-OH is 1. The molecule has 120 valence electrons. The molecule has 1 rings (SSSR count). The third-order valence-corrected chi connectivity index (χ3v) is 3.10. The van der Waals surface area contributed by atoms with E-state index in [2.05, 4.69) is 12.3 Å². The van der Waals surface area contributed by atoms with Crippen molar-refractivity contribution in [2.45, 2.75) is 52.0 Å². The maximum atomic E-state index is 12.5. The quantitative estimate of drug-likeness (QED) is 0.847. The second kappa shape index (κ2) is 7.83. The average Bonchev–Trinajstić information content (AvgIpc) is 2.43. The van der Waals surface area contributed by atoms with Gasteiger partial charge in [0.2, 0.25) is 0 Å². The van der Waals surface area contributed by atoms with Crippen molar-refractivity contribution < 1.29 is 14.6 Å². The Bertz CT molecular complexity index is 527. The Morgan fingerprint density at radius 3 is 2.50 bits per heavy atom. The molecule has 1 aromatic rings. The van der Waals surface area contributed by atoms with Crippen LogP contribution in [-0.4, -0.2) is 33.8 Å². The van der Waals surface area contributed by atoms with Crippen molar-refractivity contribution in [2.24, 2.45) is 0 Å². The summed E-state index contributed by atoms with van der Waals surface area (Å²) in [5.74, 6) is 0. The zero-order chi connectivity index (χ0) is 16.8. The van der Waals surface area contributed by atoms with Gasteiger partial charge >= 0.3 is 6.09 Å². The molecule has 0 aromatic heterocycles. The van der Waals surface area contributed by atoms with Crippen molar-refractivity contribution in [2.75, 3.05) is 0 Å². The van der Waals surface area contributed by atoms with Crippen LogP contribution < -0.4 is 0 Å². The Kier molecular flexibility index (Phi) is 6.41. The smallest absolute Gasteiger partial charge is 0.410 e. The lowest BCUT2D eigenvalue weighted by Gasteiger charge is -2.33. The summed E-state index contributed by atoms with van der Waals surface area (Å²) >= 11 is 0. The Hall–Kier alpha value is -2.03. The largest absolute Gasteiger partial charge is 0.444 e. The zero-order valence-electron chi connectivity index (χ0n) is 13.7.